The van der Waals surface area contributed by atoms with E-state index in [1.807, 2.05) is 0 Å². The number of fused-ring (bicyclic) bond motifs is 1. The number of H-pyrrole nitrogens is 1. The number of anilines is 3. The molecule has 2 aromatic heterocycles. The molecule has 0 bridgehead atoms. The minimum atomic E-state index is 0.565. The number of ether oxygens (including phenoxy) is 1. The van der Waals surface area contributed by atoms with Gasteiger partial charge in [0.1, 0.15) is 0 Å². The number of imidazole rings is 1. The van der Waals surface area contributed by atoms with Crippen molar-refractivity contribution in [1.82, 2.24) is 24.8 Å². The molecule has 1 aromatic carbocycles. The minimum Gasteiger partial charge on any atom is -0.491 e. The molecule has 162 valence electrons. The van der Waals surface area contributed by atoms with Crippen molar-refractivity contribution in [3.8, 4) is 5.75 Å². The first kappa shape index (κ1) is 19.8. The largest absolute Gasteiger partial charge is 0.491 e. The Balaban J connectivity index is 1.29. The van der Waals surface area contributed by atoms with Gasteiger partial charge in [-0.15, -0.1) is 0 Å². The molecule has 2 N–H and O–H groups in total. The fourth-order valence-corrected chi connectivity index (χ4v) is 4.38. The lowest BCUT2D eigenvalue weighted by atomic mass is 10.1. The summed E-state index contributed by atoms with van der Waals surface area (Å²) >= 11 is 0. The van der Waals surface area contributed by atoms with Crippen molar-refractivity contribution in [1.29, 1.82) is 0 Å². The number of nitrogens with zero attached hydrogens (tertiary/aromatic N) is 5. The Hall–Kier alpha value is -3.13. The molecule has 1 saturated heterocycles. The maximum absolute atomic E-state index is 5.54. The Bertz CT molecular complexity index is 1010. The third-order valence-electron chi connectivity index (χ3n) is 6.10. The molecule has 5 rings (SSSR count). The fourth-order valence-electron chi connectivity index (χ4n) is 4.38. The predicted octanol–water partition coefficient (Wildman–Crippen LogP) is 3.50. The number of hydrogen-bond acceptors (Lipinski definition) is 7. The van der Waals surface area contributed by atoms with E-state index in [4.69, 9.17) is 9.72 Å². The first-order valence-corrected chi connectivity index (χ1v) is 11.0. The lowest BCUT2D eigenvalue weighted by Crippen LogP contribution is -2.31. The summed E-state index contributed by atoms with van der Waals surface area (Å²) in [5.74, 6) is 2.03. The van der Waals surface area contributed by atoms with Gasteiger partial charge < -0.3 is 19.9 Å². The minimum absolute atomic E-state index is 0.565. The van der Waals surface area contributed by atoms with Crippen molar-refractivity contribution >= 4 is 17.5 Å². The van der Waals surface area contributed by atoms with Crippen LogP contribution in [0.4, 0.5) is 17.5 Å². The van der Waals surface area contributed by atoms with Gasteiger partial charge >= 0.3 is 0 Å². The third kappa shape index (κ3) is 4.49. The second kappa shape index (κ2) is 8.93. The Morgan fingerprint density at radius 1 is 1.06 bits per heavy atom. The lowest BCUT2D eigenvalue weighted by Gasteiger charge is -2.28. The quantitative estimate of drug-likeness (QED) is 0.633. The van der Waals surface area contributed by atoms with E-state index in [0.717, 1.165) is 48.9 Å². The smallest absolute Gasteiger partial charge is 0.229 e. The second-order valence-corrected chi connectivity index (χ2v) is 8.24. The van der Waals surface area contributed by atoms with Gasteiger partial charge in [-0.05, 0) is 43.6 Å². The fraction of sp³-hybridized carbons (Fsp3) is 0.435. The molecule has 0 aliphatic carbocycles. The molecule has 0 spiro atoms. The molecular weight excluding hydrogens is 390 g/mol. The normalized spacial score (nSPS) is 16.7. The van der Waals surface area contributed by atoms with Gasteiger partial charge in [0.25, 0.3) is 0 Å². The molecule has 0 unspecified atom stereocenters. The molecular formula is C23H29N7O. The molecule has 8 nitrogen and oxygen atoms in total. The Morgan fingerprint density at radius 2 is 1.90 bits per heavy atom. The highest BCUT2D eigenvalue weighted by atomic mass is 16.5. The van der Waals surface area contributed by atoms with Crippen LogP contribution in [0.2, 0.25) is 0 Å². The van der Waals surface area contributed by atoms with Crippen molar-refractivity contribution in [2.24, 2.45) is 0 Å². The molecule has 2 aliphatic heterocycles. The van der Waals surface area contributed by atoms with Crippen molar-refractivity contribution in [2.45, 2.75) is 38.8 Å². The van der Waals surface area contributed by atoms with Crippen LogP contribution in [0.1, 0.15) is 36.2 Å². The van der Waals surface area contributed by atoms with Gasteiger partial charge in [-0.1, -0.05) is 18.6 Å². The summed E-state index contributed by atoms with van der Waals surface area (Å²) in [5, 5.41) is 3.34. The summed E-state index contributed by atoms with van der Waals surface area (Å²) in [7, 11) is 1.65. The molecule has 4 heterocycles. The Kier molecular flexibility index (Phi) is 5.71. The van der Waals surface area contributed by atoms with Crippen LogP contribution in [0.15, 0.2) is 36.8 Å². The van der Waals surface area contributed by atoms with E-state index in [1.165, 1.54) is 37.9 Å². The topological polar surface area (TPSA) is 82.2 Å². The zero-order valence-corrected chi connectivity index (χ0v) is 18.0. The van der Waals surface area contributed by atoms with E-state index in [-0.39, 0.29) is 0 Å². The molecule has 31 heavy (non-hydrogen) atoms. The van der Waals surface area contributed by atoms with E-state index in [9.17, 15) is 0 Å². The summed E-state index contributed by atoms with van der Waals surface area (Å²) in [6.07, 6.45) is 8.37. The lowest BCUT2D eigenvalue weighted by molar-refractivity contribution is 0.221. The molecule has 0 amide bonds. The number of benzene rings is 1. The third-order valence-corrected chi connectivity index (χ3v) is 6.10. The number of aromatic amines is 1. The first-order valence-electron chi connectivity index (χ1n) is 11.0. The summed E-state index contributed by atoms with van der Waals surface area (Å²) in [6, 6.07) is 8.58. The van der Waals surface area contributed by atoms with E-state index in [1.54, 1.807) is 19.6 Å². The van der Waals surface area contributed by atoms with Crippen LogP contribution in [0.3, 0.4) is 0 Å². The van der Waals surface area contributed by atoms with Gasteiger partial charge in [0, 0.05) is 25.2 Å². The van der Waals surface area contributed by atoms with Crippen LogP contribution < -0.4 is 15.0 Å². The molecule has 1 fully saturated rings. The zero-order chi connectivity index (χ0) is 21.0. The summed E-state index contributed by atoms with van der Waals surface area (Å²) < 4.78 is 5.54. The van der Waals surface area contributed by atoms with E-state index >= 15 is 0 Å². The average molecular weight is 420 g/mol. The van der Waals surface area contributed by atoms with Gasteiger partial charge in [-0.25, -0.2) is 9.97 Å². The zero-order valence-electron chi connectivity index (χ0n) is 18.0. The van der Waals surface area contributed by atoms with Crippen LogP contribution in [0.25, 0.3) is 0 Å². The van der Waals surface area contributed by atoms with Gasteiger partial charge in [-0.3, -0.25) is 4.90 Å². The highest BCUT2D eigenvalue weighted by molar-refractivity contribution is 5.59. The highest BCUT2D eigenvalue weighted by Crippen LogP contribution is 2.30. The first-order chi connectivity index (χ1) is 15.3. The molecule has 0 radical (unpaired) electrons. The van der Waals surface area contributed by atoms with Crippen LogP contribution in [-0.4, -0.2) is 51.6 Å². The van der Waals surface area contributed by atoms with Gasteiger partial charge in [0.05, 0.1) is 37.6 Å². The maximum atomic E-state index is 5.54. The standard InChI is InChI=1S/C23H29N7O/c1-31-21-13-24-23(28-22(21)30-12-9-19-20(15-30)26-16-25-19)27-18-7-5-17(6-8-18)14-29-10-3-2-4-11-29/h5-8,13,16H,2-4,9-12,14-15H2,1H3,(H,25,26)(H,24,27,28). The van der Waals surface area contributed by atoms with Crippen molar-refractivity contribution in [2.75, 3.05) is 37.0 Å². The van der Waals surface area contributed by atoms with Crippen LogP contribution in [-0.2, 0) is 19.5 Å². The predicted molar refractivity (Wildman–Crippen MR) is 121 cm³/mol. The van der Waals surface area contributed by atoms with E-state index in [0.29, 0.717) is 11.7 Å². The molecule has 8 heteroatoms. The van der Waals surface area contributed by atoms with Crippen molar-refractivity contribution in [3.05, 3.63) is 53.7 Å². The van der Waals surface area contributed by atoms with Gasteiger partial charge in [0.2, 0.25) is 5.95 Å². The molecule has 2 aliphatic rings. The Morgan fingerprint density at radius 3 is 2.71 bits per heavy atom. The number of likely N-dealkylation sites (tertiary alicyclic amines) is 1. The van der Waals surface area contributed by atoms with Crippen LogP contribution >= 0.6 is 0 Å². The van der Waals surface area contributed by atoms with Gasteiger partial charge in [-0.2, -0.15) is 4.98 Å². The monoisotopic (exact) mass is 419 g/mol. The highest BCUT2D eigenvalue weighted by Gasteiger charge is 2.23. The number of piperidine rings is 1. The van der Waals surface area contributed by atoms with Crippen molar-refractivity contribution < 1.29 is 4.74 Å². The summed E-state index contributed by atoms with van der Waals surface area (Å²) in [5.41, 5.74) is 4.58. The molecule has 0 saturated carbocycles. The van der Waals surface area contributed by atoms with Crippen LogP contribution in [0, 0.1) is 0 Å². The summed E-state index contributed by atoms with van der Waals surface area (Å²) in [4.78, 5) is 21.6. The average Bonchev–Trinajstić information content (AvgIpc) is 3.29. The number of hydrogen-bond donors (Lipinski definition) is 2. The SMILES string of the molecule is COc1cnc(Nc2ccc(CN3CCCCC3)cc2)nc1N1CCc2nc[nH]c2C1. The van der Waals surface area contributed by atoms with E-state index < -0.39 is 0 Å². The maximum Gasteiger partial charge on any atom is 0.229 e. The van der Waals surface area contributed by atoms with Crippen molar-refractivity contribution in [3.63, 3.8) is 0 Å². The second-order valence-electron chi connectivity index (χ2n) is 8.24. The number of methoxy groups -OCH3 is 1. The number of nitrogens with one attached hydrogen (secondary N) is 2. The molecule has 3 aromatic rings. The number of aromatic nitrogens is 4. The Labute approximate surface area is 182 Å². The summed E-state index contributed by atoms with van der Waals surface area (Å²) in [6.45, 7) is 5.01. The number of rotatable bonds is 6. The van der Waals surface area contributed by atoms with E-state index in [2.05, 4.69) is 54.3 Å². The molecule has 0 atom stereocenters. The van der Waals surface area contributed by atoms with Crippen LogP contribution in [0.5, 0.6) is 5.75 Å². The van der Waals surface area contributed by atoms with Gasteiger partial charge in [0.15, 0.2) is 11.6 Å².